The van der Waals surface area contributed by atoms with Crippen molar-refractivity contribution in [2.24, 2.45) is 40.4 Å². The van der Waals surface area contributed by atoms with Gasteiger partial charge in [0.25, 0.3) is 0 Å². The minimum absolute atomic E-state index is 0.0512. The maximum absolute atomic E-state index is 11.6. The maximum atomic E-state index is 11.6. The standard InChI is InChI=1S/C24H42O4/c1-16(14-25)24(27)10-8-20-18-6-5-17-13-23(26,15-28-4)12-11-21(17,2)19(18)7-9-22(20,24)3/h16-20,25-27H,5-15H2,1-4H3/t16?,17-,18-,19+,20+,21+,22+,23-,24-/m1/s1. The molecule has 0 heterocycles. The SMILES string of the molecule is COC[C@@]1(O)CC[C@@]2(C)[C@H](CC[C@@H]3[C@@H]2CC[C@@]2(C)[C@H]3CC[C@@]2(O)C(C)CO)C1. The largest absolute Gasteiger partial charge is 0.396 e. The fourth-order valence-electron chi connectivity index (χ4n) is 8.73. The smallest absolute Gasteiger partial charge is 0.0883 e. The minimum atomic E-state index is -0.722. The summed E-state index contributed by atoms with van der Waals surface area (Å²) >= 11 is 0. The summed E-state index contributed by atoms with van der Waals surface area (Å²) in [6.45, 7) is 7.38. The van der Waals surface area contributed by atoms with Crippen LogP contribution in [0.2, 0.25) is 0 Å². The second-order valence-electron chi connectivity index (χ2n) is 11.5. The highest BCUT2D eigenvalue weighted by atomic mass is 16.5. The first-order chi connectivity index (χ1) is 13.1. The van der Waals surface area contributed by atoms with Crippen molar-refractivity contribution in [3.63, 3.8) is 0 Å². The molecule has 0 aliphatic heterocycles. The molecule has 4 heteroatoms. The van der Waals surface area contributed by atoms with Crippen molar-refractivity contribution in [2.75, 3.05) is 20.3 Å². The van der Waals surface area contributed by atoms with Gasteiger partial charge in [-0.2, -0.15) is 0 Å². The second-order valence-corrected chi connectivity index (χ2v) is 11.5. The highest BCUT2D eigenvalue weighted by Gasteiger charge is 2.66. The summed E-state index contributed by atoms with van der Waals surface area (Å²) in [6, 6.07) is 0. The molecule has 3 N–H and O–H groups in total. The first-order valence-corrected chi connectivity index (χ1v) is 11.7. The van der Waals surface area contributed by atoms with Gasteiger partial charge in [-0.25, -0.2) is 0 Å². The molecule has 162 valence electrons. The number of aliphatic hydroxyl groups excluding tert-OH is 1. The summed E-state index contributed by atoms with van der Waals surface area (Å²) in [7, 11) is 1.69. The molecule has 4 aliphatic rings. The van der Waals surface area contributed by atoms with Crippen LogP contribution in [-0.2, 0) is 4.74 Å². The lowest BCUT2D eigenvalue weighted by atomic mass is 9.43. The highest BCUT2D eigenvalue weighted by Crippen LogP contribution is 2.69. The van der Waals surface area contributed by atoms with E-state index in [-0.39, 0.29) is 17.9 Å². The van der Waals surface area contributed by atoms with E-state index in [9.17, 15) is 15.3 Å². The van der Waals surface area contributed by atoms with Gasteiger partial charge in [-0.15, -0.1) is 0 Å². The number of methoxy groups -OCH3 is 1. The third kappa shape index (κ3) is 2.77. The third-order valence-electron chi connectivity index (χ3n) is 10.5. The Balaban J connectivity index is 1.58. The van der Waals surface area contributed by atoms with Crippen LogP contribution in [0.15, 0.2) is 0 Å². The van der Waals surface area contributed by atoms with Crippen LogP contribution in [-0.4, -0.2) is 46.8 Å². The van der Waals surface area contributed by atoms with E-state index in [0.29, 0.717) is 35.7 Å². The summed E-state index contributed by atoms with van der Waals surface area (Å²) in [5, 5.41) is 32.4. The molecule has 0 aromatic heterocycles. The zero-order valence-corrected chi connectivity index (χ0v) is 18.4. The van der Waals surface area contributed by atoms with Gasteiger partial charge in [0.15, 0.2) is 0 Å². The molecule has 9 atom stereocenters. The lowest BCUT2D eigenvalue weighted by Crippen LogP contribution is -2.59. The Kier molecular flexibility index (Phi) is 5.22. The monoisotopic (exact) mass is 394 g/mol. The summed E-state index contributed by atoms with van der Waals surface area (Å²) in [6.07, 6.45) is 9.47. The predicted octanol–water partition coefficient (Wildman–Crippen LogP) is 3.77. The molecule has 4 aliphatic carbocycles. The lowest BCUT2D eigenvalue weighted by molar-refractivity contribution is -0.188. The topological polar surface area (TPSA) is 69.9 Å². The van der Waals surface area contributed by atoms with E-state index in [2.05, 4.69) is 13.8 Å². The van der Waals surface area contributed by atoms with Crippen molar-refractivity contribution in [2.45, 2.75) is 89.8 Å². The number of fused-ring (bicyclic) bond motifs is 5. The average molecular weight is 395 g/mol. The summed E-state index contributed by atoms with van der Waals surface area (Å²) in [5.74, 6) is 2.51. The normalized spacial score (nSPS) is 54.5. The number of hydrogen-bond donors (Lipinski definition) is 3. The average Bonchev–Trinajstić information content (AvgIpc) is 2.94. The van der Waals surface area contributed by atoms with Gasteiger partial charge >= 0.3 is 0 Å². The molecule has 0 aromatic rings. The van der Waals surface area contributed by atoms with Crippen molar-refractivity contribution in [3.05, 3.63) is 0 Å². The van der Waals surface area contributed by atoms with Crippen LogP contribution in [0.3, 0.4) is 0 Å². The molecule has 28 heavy (non-hydrogen) atoms. The third-order valence-corrected chi connectivity index (χ3v) is 10.5. The van der Waals surface area contributed by atoms with E-state index in [1.807, 2.05) is 6.92 Å². The Morgan fingerprint density at radius 3 is 2.36 bits per heavy atom. The molecule has 0 amide bonds. The first kappa shape index (κ1) is 21.1. The summed E-state index contributed by atoms with van der Waals surface area (Å²) in [5.41, 5.74) is -1.11. The molecule has 0 aromatic carbocycles. The molecule has 0 bridgehead atoms. The highest BCUT2D eigenvalue weighted by molar-refractivity contribution is 5.15. The van der Waals surface area contributed by atoms with Crippen LogP contribution in [0.5, 0.6) is 0 Å². The van der Waals surface area contributed by atoms with E-state index >= 15 is 0 Å². The van der Waals surface area contributed by atoms with Crippen LogP contribution >= 0.6 is 0 Å². The first-order valence-electron chi connectivity index (χ1n) is 11.7. The predicted molar refractivity (Wildman–Crippen MR) is 110 cm³/mol. The molecular weight excluding hydrogens is 352 g/mol. The van der Waals surface area contributed by atoms with Crippen LogP contribution in [0.1, 0.15) is 78.6 Å². The van der Waals surface area contributed by atoms with E-state index in [1.54, 1.807) is 7.11 Å². The molecular formula is C24H42O4. The van der Waals surface area contributed by atoms with Gasteiger partial charge in [0.1, 0.15) is 0 Å². The van der Waals surface area contributed by atoms with Gasteiger partial charge in [0, 0.05) is 19.6 Å². The molecule has 4 fully saturated rings. The van der Waals surface area contributed by atoms with Crippen LogP contribution < -0.4 is 0 Å². The summed E-state index contributed by atoms with van der Waals surface area (Å²) in [4.78, 5) is 0. The molecule has 0 spiro atoms. The van der Waals surface area contributed by atoms with Crippen molar-refractivity contribution in [1.82, 2.24) is 0 Å². The number of aliphatic hydroxyl groups is 3. The lowest BCUT2D eigenvalue weighted by Gasteiger charge is -2.63. The number of ether oxygens (including phenoxy) is 1. The van der Waals surface area contributed by atoms with Gasteiger partial charge in [-0.05, 0) is 92.3 Å². The van der Waals surface area contributed by atoms with E-state index in [0.717, 1.165) is 38.5 Å². The Morgan fingerprint density at radius 2 is 1.68 bits per heavy atom. The van der Waals surface area contributed by atoms with Gasteiger partial charge in [0.2, 0.25) is 0 Å². The molecule has 1 unspecified atom stereocenters. The van der Waals surface area contributed by atoms with Gasteiger partial charge < -0.3 is 20.1 Å². The van der Waals surface area contributed by atoms with Crippen LogP contribution in [0, 0.1) is 40.4 Å². The Bertz CT molecular complexity index is 595. The van der Waals surface area contributed by atoms with Crippen molar-refractivity contribution in [3.8, 4) is 0 Å². The molecule has 4 saturated carbocycles. The van der Waals surface area contributed by atoms with E-state index in [1.165, 1.54) is 19.3 Å². The Hall–Kier alpha value is -0.160. The van der Waals surface area contributed by atoms with Crippen molar-refractivity contribution in [1.29, 1.82) is 0 Å². The van der Waals surface area contributed by atoms with Gasteiger partial charge in [-0.3, -0.25) is 0 Å². The Morgan fingerprint density at radius 1 is 0.964 bits per heavy atom. The van der Waals surface area contributed by atoms with E-state index < -0.39 is 11.2 Å². The molecule has 0 saturated heterocycles. The second kappa shape index (κ2) is 6.93. The van der Waals surface area contributed by atoms with Crippen molar-refractivity contribution >= 4 is 0 Å². The number of rotatable bonds is 4. The fraction of sp³-hybridized carbons (Fsp3) is 1.00. The van der Waals surface area contributed by atoms with Gasteiger partial charge in [0.05, 0.1) is 17.8 Å². The Labute approximate surface area is 171 Å². The molecule has 4 rings (SSSR count). The zero-order chi connectivity index (χ0) is 20.4. The molecule has 4 nitrogen and oxygen atoms in total. The van der Waals surface area contributed by atoms with Crippen LogP contribution in [0.25, 0.3) is 0 Å². The van der Waals surface area contributed by atoms with Crippen LogP contribution in [0.4, 0.5) is 0 Å². The fourth-order valence-corrected chi connectivity index (χ4v) is 8.73. The molecule has 0 radical (unpaired) electrons. The van der Waals surface area contributed by atoms with E-state index in [4.69, 9.17) is 4.74 Å². The van der Waals surface area contributed by atoms with Crippen molar-refractivity contribution < 1.29 is 20.1 Å². The quantitative estimate of drug-likeness (QED) is 0.679. The minimum Gasteiger partial charge on any atom is -0.396 e. The number of hydrogen-bond acceptors (Lipinski definition) is 4. The van der Waals surface area contributed by atoms with Gasteiger partial charge in [-0.1, -0.05) is 20.8 Å². The summed E-state index contributed by atoms with van der Waals surface area (Å²) < 4.78 is 5.33. The maximum Gasteiger partial charge on any atom is 0.0883 e. The zero-order valence-electron chi connectivity index (χ0n) is 18.4.